The molecule has 2 amide bonds. The van der Waals surface area contributed by atoms with Crippen LogP contribution in [0.1, 0.15) is 38.1 Å². The van der Waals surface area contributed by atoms with Crippen LogP contribution in [0, 0.1) is 0 Å². The minimum atomic E-state index is -3.79. The second-order valence-corrected chi connectivity index (χ2v) is 12.6. The van der Waals surface area contributed by atoms with Gasteiger partial charge in [0, 0.05) is 44.8 Å². The maximum absolute atomic E-state index is 13.8. The molecule has 42 heavy (non-hydrogen) atoms. The first-order valence-corrected chi connectivity index (χ1v) is 16.6. The van der Waals surface area contributed by atoms with Gasteiger partial charge in [0.1, 0.15) is 5.75 Å². The second-order valence-electron chi connectivity index (χ2n) is 9.66. The van der Waals surface area contributed by atoms with Crippen LogP contribution < -0.4 is 9.64 Å². The van der Waals surface area contributed by atoms with Crippen molar-refractivity contribution in [1.82, 2.24) is 19.1 Å². The molecular weight excluding hydrogens is 578 g/mol. The largest absolute Gasteiger partial charge is 0.494 e. The topological polar surface area (TPSA) is 113 Å². The predicted octanol–water partition coefficient (Wildman–Crippen LogP) is 4.15. The summed E-state index contributed by atoms with van der Waals surface area (Å²) in [7, 11) is -3.79. The van der Waals surface area contributed by atoms with Gasteiger partial charge in [0.05, 0.1) is 28.3 Å². The molecule has 0 N–H and O–H groups in total. The number of piperazine rings is 1. The summed E-state index contributed by atoms with van der Waals surface area (Å²) in [5.41, 5.74) is 1.15. The number of hydrogen-bond acceptors (Lipinski definition) is 9. The third-order valence-corrected chi connectivity index (χ3v) is 10.1. The molecule has 228 valence electrons. The number of benzene rings is 2. The molecule has 11 nitrogen and oxygen atoms in total. The number of amides is 2. The van der Waals surface area contributed by atoms with Crippen LogP contribution in [0.15, 0.2) is 47.4 Å². The quantitative estimate of drug-likeness (QED) is 0.298. The maximum Gasteiger partial charge on any atom is 0.409 e. The summed E-state index contributed by atoms with van der Waals surface area (Å²) >= 11 is 1.42. The standard InChI is InChI=1S/C29H39N5O6S2/c1-5-31(6-2)15-20-34(28-30-25-14-11-23(39-7-3)21-26(25)41-28)27(35)22-9-12-24(13-10-22)42(37,38)33-18-16-32(17-19-33)29(36)40-8-4/h9-14,21H,5-8,15-20H2,1-4H3. The summed E-state index contributed by atoms with van der Waals surface area (Å²) in [5, 5.41) is 0.576. The van der Waals surface area contributed by atoms with Crippen LogP contribution in [0.5, 0.6) is 5.75 Å². The van der Waals surface area contributed by atoms with Crippen LogP contribution in [0.25, 0.3) is 10.2 Å². The molecule has 4 rings (SSSR count). The lowest BCUT2D eigenvalue weighted by atomic mass is 10.2. The molecule has 1 fully saturated rings. The number of thiazole rings is 1. The second kappa shape index (κ2) is 14.3. The molecule has 13 heteroatoms. The predicted molar refractivity (Wildman–Crippen MR) is 164 cm³/mol. The Morgan fingerprint density at radius 1 is 0.929 bits per heavy atom. The Kier molecular flexibility index (Phi) is 10.8. The maximum atomic E-state index is 13.8. The van der Waals surface area contributed by atoms with E-state index in [9.17, 15) is 18.0 Å². The summed E-state index contributed by atoms with van der Waals surface area (Å²) in [6.45, 7) is 12.3. The van der Waals surface area contributed by atoms with Gasteiger partial charge in [-0.15, -0.1) is 0 Å². The van der Waals surface area contributed by atoms with Crippen LogP contribution in [-0.2, 0) is 14.8 Å². The van der Waals surface area contributed by atoms with E-state index in [2.05, 4.69) is 18.7 Å². The van der Waals surface area contributed by atoms with Gasteiger partial charge < -0.3 is 19.3 Å². The number of fused-ring (bicyclic) bond motifs is 1. The molecular formula is C29H39N5O6S2. The van der Waals surface area contributed by atoms with Crippen molar-refractivity contribution in [2.45, 2.75) is 32.6 Å². The summed E-state index contributed by atoms with van der Waals surface area (Å²) < 4.78 is 39.6. The Morgan fingerprint density at radius 3 is 2.24 bits per heavy atom. The van der Waals surface area contributed by atoms with Gasteiger partial charge in [0.2, 0.25) is 10.0 Å². The van der Waals surface area contributed by atoms with Crippen molar-refractivity contribution in [3.05, 3.63) is 48.0 Å². The highest BCUT2D eigenvalue weighted by Crippen LogP contribution is 2.32. The van der Waals surface area contributed by atoms with E-state index in [1.807, 2.05) is 25.1 Å². The van der Waals surface area contributed by atoms with E-state index in [0.29, 0.717) is 30.4 Å². The fourth-order valence-electron chi connectivity index (χ4n) is 4.73. The molecule has 3 aromatic rings. The molecule has 1 aliphatic rings. The smallest absolute Gasteiger partial charge is 0.409 e. The Hall–Kier alpha value is -3.26. The zero-order chi connectivity index (χ0) is 30.3. The van der Waals surface area contributed by atoms with Gasteiger partial charge in [-0.1, -0.05) is 25.2 Å². The summed E-state index contributed by atoms with van der Waals surface area (Å²) in [6, 6.07) is 11.7. The molecule has 1 saturated heterocycles. The Balaban J connectivity index is 1.54. The number of likely N-dealkylation sites (N-methyl/N-ethyl adjacent to an activating group) is 1. The summed E-state index contributed by atoms with van der Waals surface area (Å²) in [4.78, 5) is 36.1. The summed E-state index contributed by atoms with van der Waals surface area (Å²) in [6.07, 6.45) is -0.439. The number of anilines is 1. The van der Waals surface area contributed by atoms with Crippen molar-refractivity contribution < 1.29 is 27.5 Å². The van der Waals surface area contributed by atoms with E-state index in [4.69, 9.17) is 14.5 Å². The number of carbonyl (C=O) groups excluding carboxylic acids is 2. The highest BCUT2D eigenvalue weighted by Gasteiger charge is 2.31. The van der Waals surface area contributed by atoms with Crippen molar-refractivity contribution in [2.75, 3.05) is 70.5 Å². The summed E-state index contributed by atoms with van der Waals surface area (Å²) in [5.74, 6) is 0.499. The molecule has 2 aromatic carbocycles. The van der Waals surface area contributed by atoms with Gasteiger partial charge in [0.15, 0.2) is 5.13 Å². The number of nitrogens with zero attached hydrogens (tertiary/aromatic N) is 5. The van der Waals surface area contributed by atoms with Gasteiger partial charge in [-0.2, -0.15) is 4.31 Å². The first-order chi connectivity index (χ1) is 20.2. The monoisotopic (exact) mass is 617 g/mol. The zero-order valence-corrected chi connectivity index (χ0v) is 26.2. The molecule has 1 aromatic heterocycles. The fraction of sp³-hybridized carbons (Fsp3) is 0.483. The number of sulfonamides is 1. The van der Waals surface area contributed by atoms with E-state index in [1.54, 1.807) is 24.0 Å². The number of hydrogen-bond donors (Lipinski definition) is 0. The molecule has 0 aliphatic carbocycles. The van der Waals surface area contributed by atoms with Crippen molar-refractivity contribution in [2.24, 2.45) is 0 Å². The molecule has 0 spiro atoms. The van der Waals surface area contributed by atoms with Gasteiger partial charge >= 0.3 is 6.09 Å². The number of aromatic nitrogens is 1. The lowest BCUT2D eigenvalue weighted by molar-refractivity contribution is 0.0933. The van der Waals surface area contributed by atoms with E-state index in [1.165, 1.54) is 32.7 Å². The van der Waals surface area contributed by atoms with Gasteiger partial charge in [-0.05, 0) is 69.4 Å². The molecule has 2 heterocycles. The van der Waals surface area contributed by atoms with Crippen LogP contribution >= 0.6 is 11.3 Å². The third kappa shape index (κ3) is 7.20. The Bertz CT molecular complexity index is 1470. The molecule has 1 aliphatic heterocycles. The Morgan fingerprint density at radius 2 is 1.62 bits per heavy atom. The molecule has 0 saturated carbocycles. The number of ether oxygens (including phenoxy) is 2. The average Bonchev–Trinajstić information content (AvgIpc) is 3.42. The minimum absolute atomic E-state index is 0.0989. The molecule has 0 radical (unpaired) electrons. The minimum Gasteiger partial charge on any atom is -0.494 e. The lowest BCUT2D eigenvalue weighted by Gasteiger charge is -2.33. The van der Waals surface area contributed by atoms with Crippen molar-refractivity contribution >= 4 is 48.7 Å². The number of carbonyl (C=O) groups is 2. The molecule has 0 unspecified atom stereocenters. The van der Waals surface area contributed by atoms with Crippen LogP contribution in [0.3, 0.4) is 0 Å². The van der Waals surface area contributed by atoms with Crippen LogP contribution in [0.4, 0.5) is 9.93 Å². The fourth-order valence-corrected chi connectivity index (χ4v) is 7.17. The van der Waals surface area contributed by atoms with Crippen LogP contribution in [0.2, 0.25) is 0 Å². The van der Waals surface area contributed by atoms with E-state index in [-0.39, 0.29) is 43.6 Å². The lowest BCUT2D eigenvalue weighted by Crippen LogP contribution is -2.50. The molecule has 0 atom stereocenters. The highest BCUT2D eigenvalue weighted by molar-refractivity contribution is 7.89. The first kappa shape index (κ1) is 31.7. The normalized spacial score (nSPS) is 14.4. The number of rotatable bonds is 12. The highest BCUT2D eigenvalue weighted by atomic mass is 32.2. The van der Waals surface area contributed by atoms with Crippen molar-refractivity contribution in [3.8, 4) is 5.75 Å². The van der Waals surface area contributed by atoms with Crippen molar-refractivity contribution in [3.63, 3.8) is 0 Å². The van der Waals surface area contributed by atoms with Crippen LogP contribution in [-0.4, -0.2) is 105 Å². The van der Waals surface area contributed by atoms with Gasteiger partial charge in [0.25, 0.3) is 5.91 Å². The van der Waals surface area contributed by atoms with Gasteiger partial charge in [-0.3, -0.25) is 9.69 Å². The van der Waals surface area contributed by atoms with E-state index in [0.717, 1.165) is 29.1 Å². The van der Waals surface area contributed by atoms with E-state index >= 15 is 0 Å². The van der Waals surface area contributed by atoms with E-state index < -0.39 is 16.1 Å². The van der Waals surface area contributed by atoms with Gasteiger partial charge in [-0.25, -0.2) is 18.2 Å². The zero-order valence-electron chi connectivity index (χ0n) is 24.6. The third-order valence-electron chi connectivity index (χ3n) is 7.17. The molecule has 0 bridgehead atoms. The average molecular weight is 618 g/mol. The Labute approximate surface area is 251 Å². The first-order valence-electron chi connectivity index (χ1n) is 14.3. The van der Waals surface area contributed by atoms with Crippen molar-refractivity contribution in [1.29, 1.82) is 0 Å². The SMILES string of the molecule is CCOC(=O)N1CCN(S(=O)(=O)c2ccc(C(=O)N(CCN(CC)CC)c3nc4ccc(OCC)cc4s3)cc2)CC1.